The van der Waals surface area contributed by atoms with Crippen LogP contribution in [0.1, 0.15) is 16.4 Å². The first-order valence-electron chi connectivity index (χ1n) is 8.05. The normalized spacial score (nSPS) is 10.8. The molecule has 0 bridgehead atoms. The van der Waals surface area contributed by atoms with Crippen LogP contribution >= 0.6 is 34.5 Å². The summed E-state index contributed by atoms with van der Waals surface area (Å²) in [5.41, 5.74) is 1.84. The highest BCUT2D eigenvalue weighted by Crippen LogP contribution is 2.25. The molecule has 6 nitrogen and oxygen atoms in total. The molecule has 0 spiro atoms. The number of aromatic nitrogens is 3. The first kappa shape index (κ1) is 18.6. The van der Waals surface area contributed by atoms with Crippen molar-refractivity contribution < 1.29 is 14.1 Å². The molecule has 9 heteroatoms. The molecule has 0 radical (unpaired) electrons. The molecule has 0 atom stereocenters. The fourth-order valence-corrected chi connectivity index (χ4v) is 3.37. The van der Waals surface area contributed by atoms with Crippen LogP contribution in [0.5, 0.6) is 0 Å². The minimum absolute atomic E-state index is 0.146. The smallest absolute Gasteiger partial charge is 0.358 e. The van der Waals surface area contributed by atoms with E-state index in [4.69, 9.17) is 32.5 Å². The molecule has 0 amide bonds. The lowest BCUT2D eigenvalue weighted by Gasteiger charge is -1.98. The van der Waals surface area contributed by atoms with E-state index in [0.717, 1.165) is 11.1 Å². The zero-order valence-corrected chi connectivity index (χ0v) is 16.5. The summed E-state index contributed by atoms with van der Waals surface area (Å²) in [6, 6.07) is 14.2. The summed E-state index contributed by atoms with van der Waals surface area (Å²) in [5.74, 6) is 0.00978. The van der Waals surface area contributed by atoms with Crippen LogP contribution in [-0.4, -0.2) is 21.1 Å². The summed E-state index contributed by atoms with van der Waals surface area (Å²) in [7, 11) is 0. The summed E-state index contributed by atoms with van der Waals surface area (Å²) in [6.07, 6.45) is 0. The third-order valence-corrected chi connectivity index (χ3v) is 5.10. The Labute approximate surface area is 173 Å². The van der Waals surface area contributed by atoms with Crippen molar-refractivity contribution in [2.45, 2.75) is 6.61 Å². The van der Waals surface area contributed by atoms with E-state index in [1.54, 1.807) is 41.8 Å². The second-order valence-corrected chi connectivity index (χ2v) is 7.37. The van der Waals surface area contributed by atoms with Gasteiger partial charge in [0.25, 0.3) is 5.89 Å². The highest BCUT2D eigenvalue weighted by Gasteiger charge is 2.16. The monoisotopic (exact) mass is 431 g/mol. The molecule has 0 saturated heterocycles. The third-order valence-electron chi connectivity index (χ3n) is 3.70. The fourth-order valence-electron chi connectivity index (χ4n) is 2.32. The van der Waals surface area contributed by atoms with E-state index >= 15 is 0 Å². The van der Waals surface area contributed by atoms with Crippen LogP contribution in [0.4, 0.5) is 0 Å². The van der Waals surface area contributed by atoms with E-state index in [1.807, 2.05) is 12.1 Å². The Morgan fingerprint density at radius 3 is 2.29 bits per heavy atom. The number of carbonyl (C=O) groups excluding carboxylic acids is 1. The molecular weight excluding hydrogens is 421 g/mol. The number of hydrogen-bond donors (Lipinski definition) is 0. The molecule has 0 aliphatic rings. The van der Waals surface area contributed by atoms with Crippen molar-refractivity contribution in [1.82, 2.24) is 15.1 Å². The van der Waals surface area contributed by atoms with Crippen LogP contribution in [-0.2, 0) is 11.3 Å². The number of halogens is 2. The number of benzene rings is 2. The average Bonchev–Trinajstić information content (AvgIpc) is 3.37. The molecule has 0 fully saturated rings. The van der Waals surface area contributed by atoms with E-state index in [2.05, 4.69) is 15.1 Å². The first-order valence-corrected chi connectivity index (χ1v) is 9.69. The van der Waals surface area contributed by atoms with E-state index < -0.39 is 5.97 Å². The second-order valence-electron chi connectivity index (χ2n) is 5.64. The largest absolute Gasteiger partial charge is 0.451 e. The van der Waals surface area contributed by atoms with Crippen LogP contribution in [0.15, 0.2) is 58.4 Å². The maximum absolute atomic E-state index is 12.2. The highest BCUT2D eigenvalue weighted by atomic mass is 35.5. The second kappa shape index (κ2) is 8.10. The Bertz CT molecular complexity index is 1110. The Hall–Kier alpha value is -2.74. The van der Waals surface area contributed by atoms with Gasteiger partial charge in [-0.25, -0.2) is 9.78 Å². The number of esters is 1. The number of rotatable bonds is 5. The molecule has 4 rings (SSSR count). The average molecular weight is 432 g/mol. The molecule has 140 valence electrons. The summed E-state index contributed by atoms with van der Waals surface area (Å²) in [5, 5.41) is 7.46. The maximum Gasteiger partial charge on any atom is 0.358 e. The summed E-state index contributed by atoms with van der Waals surface area (Å²) in [6.45, 7) is -0.146. The highest BCUT2D eigenvalue weighted by molar-refractivity contribution is 7.13. The lowest BCUT2D eigenvalue weighted by atomic mass is 10.2. The van der Waals surface area contributed by atoms with Gasteiger partial charge in [-0.05, 0) is 36.4 Å². The van der Waals surface area contributed by atoms with Gasteiger partial charge >= 0.3 is 5.97 Å². The Balaban J connectivity index is 1.40. The van der Waals surface area contributed by atoms with Gasteiger partial charge in [0.15, 0.2) is 12.3 Å². The molecule has 0 N–H and O–H groups in total. The zero-order chi connectivity index (χ0) is 19.5. The quantitative estimate of drug-likeness (QED) is 0.386. The van der Waals surface area contributed by atoms with Crippen molar-refractivity contribution in [3.8, 4) is 22.0 Å². The molecule has 2 heterocycles. The van der Waals surface area contributed by atoms with Crippen molar-refractivity contribution in [2.75, 3.05) is 0 Å². The van der Waals surface area contributed by atoms with Gasteiger partial charge in [0, 0.05) is 26.6 Å². The van der Waals surface area contributed by atoms with Crippen LogP contribution in [0.3, 0.4) is 0 Å². The lowest BCUT2D eigenvalue weighted by molar-refractivity contribution is 0.0424. The van der Waals surface area contributed by atoms with Crippen molar-refractivity contribution >= 4 is 40.5 Å². The maximum atomic E-state index is 12.2. The molecule has 0 aliphatic heterocycles. The van der Waals surface area contributed by atoms with Crippen molar-refractivity contribution in [3.05, 3.63) is 75.5 Å². The predicted octanol–water partition coefficient (Wildman–Crippen LogP) is 5.52. The van der Waals surface area contributed by atoms with Crippen molar-refractivity contribution in [2.24, 2.45) is 0 Å². The van der Waals surface area contributed by atoms with Crippen molar-refractivity contribution in [3.63, 3.8) is 0 Å². The zero-order valence-electron chi connectivity index (χ0n) is 14.1. The topological polar surface area (TPSA) is 78.1 Å². The first-order chi connectivity index (χ1) is 13.6. The Kier molecular flexibility index (Phi) is 5.38. The van der Waals surface area contributed by atoms with E-state index in [-0.39, 0.29) is 18.2 Å². The lowest BCUT2D eigenvalue weighted by Crippen LogP contribution is -2.05. The summed E-state index contributed by atoms with van der Waals surface area (Å²) < 4.78 is 10.3. The van der Waals surface area contributed by atoms with E-state index in [9.17, 15) is 4.79 Å². The minimum Gasteiger partial charge on any atom is -0.451 e. The van der Waals surface area contributed by atoms with Gasteiger partial charge in [-0.15, -0.1) is 11.3 Å². The fraction of sp³-hybridized carbons (Fsp3) is 0.0526. The molecule has 4 aromatic rings. The number of thiazole rings is 1. The molecular formula is C19H11Cl2N3O3S. The molecule has 28 heavy (non-hydrogen) atoms. The Morgan fingerprint density at radius 1 is 0.964 bits per heavy atom. The predicted molar refractivity (Wildman–Crippen MR) is 106 cm³/mol. The molecule has 0 unspecified atom stereocenters. The minimum atomic E-state index is -0.567. The van der Waals surface area contributed by atoms with Crippen molar-refractivity contribution in [1.29, 1.82) is 0 Å². The Morgan fingerprint density at radius 2 is 1.61 bits per heavy atom. The van der Waals surface area contributed by atoms with E-state index in [1.165, 1.54) is 11.3 Å². The van der Waals surface area contributed by atoms with Gasteiger partial charge in [0.2, 0.25) is 5.82 Å². The molecule has 2 aromatic heterocycles. The van der Waals surface area contributed by atoms with E-state index in [0.29, 0.717) is 20.9 Å². The number of nitrogens with zero attached hydrogens (tertiary/aromatic N) is 3. The molecule has 0 aliphatic carbocycles. The number of hydrogen-bond acceptors (Lipinski definition) is 7. The van der Waals surface area contributed by atoms with Gasteiger partial charge in [-0.1, -0.05) is 40.5 Å². The van der Waals surface area contributed by atoms with Gasteiger partial charge < -0.3 is 9.26 Å². The number of ether oxygens (including phenoxy) is 1. The van der Waals surface area contributed by atoms with Gasteiger partial charge in [-0.3, -0.25) is 0 Å². The third kappa shape index (κ3) is 4.22. The summed E-state index contributed by atoms with van der Waals surface area (Å²) >= 11 is 13.1. The van der Waals surface area contributed by atoms with Gasteiger partial charge in [0.1, 0.15) is 5.01 Å². The van der Waals surface area contributed by atoms with Crippen LogP contribution in [0, 0.1) is 0 Å². The summed E-state index contributed by atoms with van der Waals surface area (Å²) in [4.78, 5) is 20.7. The van der Waals surface area contributed by atoms with Gasteiger partial charge in [0.05, 0.1) is 0 Å². The standard InChI is InChI=1S/C19H11Cl2N3O3S/c20-13-5-1-11(2-6-13)17-23-16(27-24-17)9-26-19(25)15-10-28-18(22-15)12-3-7-14(21)8-4-12/h1-8,10H,9H2. The van der Waals surface area contributed by atoms with Gasteiger partial charge in [-0.2, -0.15) is 4.98 Å². The van der Waals surface area contributed by atoms with Crippen LogP contribution in [0.2, 0.25) is 10.0 Å². The van der Waals surface area contributed by atoms with Crippen LogP contribution < -0.4 is 0 Å². The molecule has 2 aromatic carbocycles. The number of carbonyl (C=O) groups is 1. The van der Waals surface area contributed by atoms with Crippen LogP contribution in [0.25, 0.3) is 22.0 Å². The molecule has 0 saturated carbocycles. The SMILES string of the molecule is O=C(OCc1nc(-c2ccc(Cl)cc2)no1)c1csc(-c2ccc(Cl)cc2)n1.